The van der Waals surface area contributed by atoms with Gasteiger partial charge in [-0.2, -0.15) is 0 Å². The van der Waals surface area contributed by atoms with Crippen LogP contribution in [-0.2, 0) is 0 Å². The van der Waals surface area contributed by atoms with Crippen molar-refractivity contribution >= 4 is 33.3 Å². The van der Waals surface area contributed by atoms with Crippen LogP contribution in [0, 0.1) is 11.6 Å². The van der Waals surface area contributed by atoms with Gasteiger partial charge in [0.25, 0.3) is 5.91 Å². The molecule has 0 bridgehead atoms. The van der Waals surface area contributed by atoms with Crippen LogP contribution in [0.15, 0.2) is 28.7 Å². The van der Waals surface area contributed by atoms with Crippen LogP contribution in [0.1, 0.15) is 10.5 Å². The average Bonchev–Trinajstić information content (AvgIpc) is 2.44. The van der Waals surface area contributed by atoms with Crippen molar-refractivity contribution < 1.29 is 13.6 Å². The fourth-order valence-electron chi connectivity index (χ4n) is 1.34. The van der Waals surface area contributed by atoms with Gasteiger partial charge in [0.05, 0.1) is 10.2 Å². The van der Waals surface area contributed by atoms with Crippen molar-refractivity contribution in [2.24, 2.45) is 5.84 Å². The Morgan fingerprint density at radius 1 is 1.20 bits per heavy atom. The summed E-state index contributed by atoms with van der Waals surface area (Å²) in [5, 5.41) is 9.47. The summed E-state index contributed by atoms with van der Waals surface area (Å²) in [4.78, 5) is 11.8. The van der Waals surface area contributed by atoms with E-state index in [4.69, 9.17) is 5.84 Å². The number of carbonyl (C=O) groups excluding carboxylic acids is 1. The quantitative estimate of drug-likeness (QED) is 0.450. The highest BCUT2D eigenvalue weighted by molar-refractivity contribution is 9.10. The Bertz CT molecular complexity index is 650. The number of hydrogen-bond donors (Lipinski definition) is 3. The number of hydrogen-bond acceptors (Lipinski definition) is 5. The van der Waals surface area contributed by atoms with Crippen LogP contribution in [0.3, 0.4) is 0 Å². The van der Waals surface area contributed by atoms with E-state index < -0.39 is 17.5 Å². The minimum Gasteiger partial charge on any atom is -0.318 e. The topological polar surface area (TPSA) is 92.9 Å². The summed E-state index contributed by atoms with van der Waals surface area (Å²) >= 11 is 2.90. The van der Waals surface area contributed by atoms with Crippen molar-refractivity contribution in [2.75, 3.05) is 10.7 Å². The van der Waals surface area contributed by atoms with E-state index in [0.717, 1.165) is 6.07 Å². The lowest BCUT2D eigenvalue weighted by molar-refractivity contribution is 0.102. The summed E-state index contributed by atoms with van der Waals surface area (Å²) in [5.74, 6) is 3.04. The van der Waals surface area contributed by atoms with Gasteiger partial charge in [0.15, 0.2) is 11.5 Å². The maximum atomic E-state index is 13.5. The van der Waals surface area contributed by atoms with Gasteiger partial charge in [0, 0.05) is 6.07 Å². The van der Waals surface area contributed by atoms with Crippen molar-refractivity contribution in [1.82, 2.24) is 10.2 Å². The van der Waals surface area contributed by atoms with E-state index in [9.17, 15) is 13.6 Å². The summed E-state index contributed by atoms with van der Waals surface area (Å²) in [6, 6.07) is 4.56. The van der Waals surface area contributed by atoms with Gasteiger partial charge in [0.1, 0.15) is 11.6 Å². The first-order chi connectivity index (χ1) is 9.51. The number of amides is 1. The molecule has 0 radical (unpaired) electrons. The van der Waals surface area contributed by atoms with Crippen LogP contribution in [0.25, 0.3) is 0 Å². The number of nitrogens with zero attached hydrogens (tertiary/aromatic N) is 2. The Hall–Kier alpha value is -2.13. The maximum Gasteiger partial charge on any atom is 0.276 e. The molecule has 4 N–H and O–H groups in total. The van der Waals surface area contributed by atoms with Crippen molar-refractivity contribution in [3.8, 4) is 0 Å². The highest BCUT2D eigenvalue weighted by Crippen LogP contribution is 2.23. The SMILES string of the molecule is NNc1ccc(C(=O)Nc2cc(Br)c(F)cc2F)nn1. The van der Waals surface area contributed by atoms with Crippen LogP contribution >= 0.6 is 15.9 Å². The molecule has 20 heavy (non-hydrogen) atoms. The molecule has 0 fully saturated rings. The highest BCUT2D eigenvalue weighted by Gasteiger charge is 2.13. The molecule has 1 amide bonds. The molecule has 1 aromatic heterocycles. The van der Waals surface area contributed by atoms with Gasteiger partial charge >= 0.3 is 0 Å². The second-order valence-corrected chi connectivity index (χ2v) is 4.50. The lowest BCUT2D eigenvalue weighted by Gasteiger charge is -2.07. The maximum absolute atomic E-state index is 13.5. The minimum absolute atomic E-state index is 0.0305. The number of rotatable bonds is 3. The average molecular weight is 344 g/mol. The molecule has 6 nitrogen and oxygen atoms in total. The van der Waals surface area contributed by atoms with Gasteiger partial charge in [-0.1, -0.05) is 0 Å². The zero-order chi connectivity index (χ0) is 14.7. The number of anilines is 2. The normalized spacial score (nSPS) is 10.2. The molecule has 0 aliphatic heterocycles. The lowest BCUT2D eigenvalue weighted by atomic mass is 10.2. The van der Waals surface area contributed by atoms with Gasteiger partial charge in [-0.05, 0) is 34.1 Å². The van der Waals surface area contributed by atoms with Crippen LogP contribution in [-0.4, -0.2) is 16.1 Å². The number of aromatic nitrogens is 2. The third-order valence-corrected chi connectivity index (χ3v) is 2.91. The molecule has 0 aliphatic rings. The third kappa shape index (κ3) is 3.06. The number of nitrogen functional groups attached to an aromatic ring is 1. The standard InChI is InChI=1S/C11H8BrF2N5O/c12-5-3-9(7(14)4-6(5)13)16-11(20)8-1-2-10(17-15)19-18-8/h1-4H,15H2,(H,16,20)(H,17,19). The fraction of sp³-hybridized carbons (Fsp3) is 0. The highest BCUT2D eigenvalue weighted by atomic mass is 79.9. The van der Waals surface area contributed by atoms with Gasteiger partial charge in [-0.25, -0.2) is 14.6 Å². The molecule has 1 heterocycles. The summed E-state index contributed by atoms with van der Waals surface area (Å²) in [7, 11) is 0. The molecule has 0 atom stereocenters. The van der Waals surface area contributed by atoms with Gasteiger partial charge in [-0.15, -0.1) is 10.2 Å². The number of halogens is 3. The van der Waals surface area contributed by atoms with Gasteiger partial charge in [0.2, 0.25) is 0 Å². The number of hydrazine groups is 1. The predicted octanol–water partition coefficient (Wildman–Crippen LogP) is 2.06. The number of benzene rings is 1. The van der Waals surface area contributed by atoms with Crippen LogP contribution in [0.2, 0.25) is 0 Å². The molecule has 0 saturated heterocycles. The summed E-state index contributed by atoms with van der Waals surface area (Å²) in [6.07, 6.45) is 0. The molecular weight excluding hydrogens is 336 g/mol. The van der Waals surface area contributed by atoms with Crippen molar-refractivity contribution in [2.45, 2.75) is 0 Å². The summed E-state index contributed by atoms with van der Waals surface area (Å²) in [5.41, 5.74) is 2.04. The molecule has 1 aromatic carbocycles. The Labute approximate surface area is 120 Å². The summed E-state index contributed by atoms with van der Waals surface area (Å²) < 4.78 is 26.6. The Balaban J connectivity index is 2.20. The van der Waals surface area contributed by atoms with E-state index in [2.05, 4.69) is 36.9 Å². The van der Waals surface area contributed by atoms with Crippen LogP contribution in [0.5, 0.6) is 0 Å². The summed E-state index contributed by atoms with van der Waals surface area (Å²) in [6.45, 7) is 0. The fourth-order valence-corrected chi connectivity index (χ4v) is 1.68. The largest absolute Gasteiger partial charge is 0.318 e. The Kier molecular flexibility index (Phi) is 4.20. The number of nitrogens with one attached hydrogen (secondary N) is 2. The van der Waals surface area contributed by atoms with Crippen molar-refractivity contribution in [1.29, 1.82) is 0 Å². The van der Waals surface area contributed by atoms with Gasteiger partial charge < -0.3 is 10.7 Å². The Morgan fingerprint density at radius 2 is 1.95 bits per heavy atom. The minimum atomic E-state index is -0.896. The molecule has 0 aliphatic carbocycles. The third-order valence-electron chi connectivity index (χ3n) is 2.30. The smallest absolute Gasteiger partial charge is 0.276 e. The van der Waals surface area contributed by atoms with E-state index in [0.29, 0.717) is 6.07 Å². The monoisotopic (exact) mass is 343 g/mol. The molecule has 9 heteroatoms. The Morgan fingerprint density at radius 3 is 2.55 bits per heavy atom. The molecule has 0 saturated carbocycles. The zero-order valence-corrected chi connectivity index (χ0v) is 11.4. The van der Waals surface area contributed by atoms with Crippen molar-refractivity contribution in [3.63, 3.8) is 0 Å². The molecule has 2 rings (SSSR count). The molecule has 104 valence electrons. The number of carbonyl (C=O) groups is 1. The second kappa shape index (κ2) is 5.88. The van der Waals surface area contributed by atoms with E-state index in [1.165, 1.54) is 12.1 Å². The van der Waals surface area contributed by atoms with Crippen molar-refractivity contribution in [3.05, 3.63) is 46.1 Å². The van der Waals surface area contributed by atoms with Crippen LogP contribution in [0.4, 0.5) is 20.3 Å². The van der Waals surface area contributed by atoms with E-state index in [1.807, 2.05) is 0 Å². The molecular formula is C11H8BrF2N5O. The van der Waals surface area contributed by atoms with Gasteiger partial charge in [-0.3, -0.25) is 4.79 Å². The molecule has 0 spiro atoms. The molecule has 2 aromatic rings. The number of nitrogens with two attached hydrogens (primary N) is 1. The predicted molar refractivity (Wildman–Crippen MR) is 71.9 cm³/mol. The first kappa shape index (κ1) is 14.3. The molecule has 0 unspecified atom stereocenters. The zero-order valence-electron chi connectivity index (χ0n) is 9.82. The first-order valence-electron chi connectivity index (χ1n) is 5.27. The second-order valence-electron chi connectivity index (χ2n) is 3.65. The first-order valence-corrected chi connectivity index (χ1v) is 6.07. The van der Waals surface area contributed by atoms with E-state index >= 15 is 0 Å². The van der Waals surface area contributed by atoms with E-state index in [1.54, 1.807) is 0 Å². The van der Waals surface area contributed by atoms with E-state index in [-0.39, 0.29) is 21.7 Å². The van der Waals surface area contributed by atoms with Crippen LogP contribution < -0.4 is 16.6 Å². The lowest BCUT2D eigenvalue weighted by Crippen LogP contribution is -2.16.